The molecule has 3 rings (SSSR count). The van der Waals surface area contributed by atoms with Gasteiger partial charge in [0.1, 0.15) is 39.7 Å². The molecule has 1 fully saturated rings. The van der Waals surface area contributed by atoms with Crippen molar-refractivity contribution in [3.63, 3.8) is 0 Å². The fraction of sp³-hybridized carbons (Fsp3) is 0.565. The minimum atomic E-state index is -1.93. The second kappa shape index (κ2) is 11.0. The number of esters is 2. The average Bonchev–Trinajstić information content (AvgIpc) is 3.48. The third kappa shape index (κ3) is 5.86. The number of aromatic nitrogens is 5. The minimum Gasteiger partial charge on any atom is -0.462 e. The average molecular weight is 502 g/mol. The molecule has 3 heterocycles. The summed E-state index contributed by atoms with van der Waals surface area (Å²) in [6, 6.07) is 4.45. The first kappa shape index (κ1) is 26.3. The van der Waals surface area contributed by atoms with Crippen LogP contribution in [0.25, 0.3) is 5.82 Å². The monoisotopic (exact) mass is 501 g/mol. The van der Waals surface area contributed by atoms with Gasteiger partial charge in [0.05, 0.1) is 0 Å². The van der Waals surface area contributed by atoms with Crippen molar-refractivity contribution in [1.29, 1.82) is 0 Å². The van der Waals surface area contributed by atoms with Crippen LogP contribution in [-0.2, 0) is 23.8 Å². The van der Waals surface area contributed by atoms with Crippen LogP contribution in [0.1, 0.15) is 47.3 Å². The van der Waals surface area contributed by atoms with E-state index in [1.807, 2.05) is 0 Å². The Labute approximate surface area is 204 Å². The number of ether oxygens (including phenoxy) is 3. The molecule has 0 radical (unpaired) electrons. The van der Waals surface area contributed by atoms with E-state index in [2.05, 4.69) is 47.3 Å². The first-order chi connectivity index (χ1) is 16.7. The van der Waals surface area contributed by atoms with Crippen molar-refractivity contribution < 1.29 is 23.8 Å². The molecule has 1 saturated heterocycles. The van der Waals surface area contributed by atoms with Crippen LogP contribution in [0.2, 0.25) is 18.1 Å². The van der Waals surface area contributed by atoms with E-state index in [-0.39, 0.29) is 13.0 Å². The SMILES string of the molecule is CC[Si](C#CC1(COC(C)=O)OC(n2ccc(-n3cncn3)nc2=O)CC1OC(C)=O)(CC)CC. The summed E-state index contributed by atoms with van der Waals surface area (Å²) in [5.41, 5.74) is 1.47. The Morgan fingerprint density at radius 3 is 2.49 bits per heavy atom. The molecule has 0 spiro atoms. The van der Waals surface area contributed by atoms with Gasteiger partial charge in [-0.3, -0.25) is 14.2 Å². The van der Waals surface area contributed by atoms with E-state index >= 15 is 0 Å². The number of hydrogen-bond acceptors (Lipinski definition) is 9. The summed E-state index contributed by atoms with van der Waals surface area (Å²) < 4.78 is 19.9. The molecule has 3 unspecified atom stereocenters. The maximum Gasteiger partial charge on any atom is 0.351 e. The van der Waals surface area contributed by atoms with Gasteiger partial charge in [-0.15, -0.1) is 5.54 Å². The predicted molar refractivity (Wildman–Crippen MR) is 128 cm³/mol. The molecular weight excluding hydrogens is 470 g/mol. The Balaban J connectivity index is 2.04. The molecule has 0 bridgehead atoms. The highest BCUT2D eigenvalue weighted by Gasteiger charge is 2.52. The van der Waals surface area contributed by atoms with Crippen LogP contribution in [0.15, 0.2) is 29.7 Å². The summed E-state index contributed by atoms with van der Waals surface area (Å²) in [6.45, 7) is 8.71. The minimum absolute atomic E-state index is 0.138. The molecule has 1 aliphatic heterocycles. The summed E-state index contributed by atoms with van der Waals surface area (Å²) in [7, 11) is -1.93. The van der Waals surface area contributed by atoms with Crippen molar-refractivity contribution in [2.45, 2.75) is 77.1 Å². The highest BCUT2D eigenvalue weighted by Crippen LogP contribution is 2.39. The summed E-state index contributed by atoms with van der Waals surface area (Å²) >= 11 is 0. The Morgan fingerprint density at radius 1 is 1.23 bits per heavy atom. The van der Waals surface area contributed by atoms with E-state index in [0.717, 1.165) is 18.1 Å². The van der Waals surface area contributed by atoms with Crippen molar-refractivity contribution in [2.75, 3.05) is 6.61 Å². The summed E-state index contributed by atoms with van der Waals surface area (Å²) in [5, 5.41) is 3.98. The van der Waals surface area contributed by atoms with Crippen LogP contribution in [0, 0.1) is 11.5 Å². The van der Waals surface area contributed by atoms with E-state index in [4.69, 9.17) is 14.2 Å². The Kier molecular flexibility index (Phi) is 8.24. The molecule has 11 nitrogen and oxygen atoms in total. The van der Waals surface area contributed by atoms with Crippen molar-refractivity contribution in [1.82, 2.24) is 24.3 Å². The zero-order valence-electron chi connectivity index (χ0n) is 20.7. The lowest BCUT2D eigenvalue weighted by Gasteiger charge is -2.29. The van der Waals surface area contributed by atoms with Crippen LogP contribution >= 0.6 is 0 Å². The molecule has 12 heteroatoms. The number of nitrogens with zero attached hydrogens (tertiary/aromatic N) is 5. The fourth-order valence-corrected chi connectivity index (χ4v) is 6.57. The predicted octanol–water partition coefficient (Wildman–Crippen LogP) is 2.03. The van der Waals surface area contributed by atoms with E-state index in [0.29, 0.717) is 5.82 Å². The highest BCUT2D eigenvalue weighted by atomic mass is 28.3. The second-order valence-electron chi connectivity index (χ2n) is 8.48. The van der Waals surface area contributed by atoms with Crippen molar-refractivity contribution in [3.8, 4) is 17.3 Å². The lowest BCUT2D eigenvalue weighted by atomic mass is 9.98. The Hall–Kier alpha value is -3.30. The van der Waals surface area contributed by atoms with Crippen molar-refractivity contribution in [3.05, 3.63) is 35.4 Å². The zero-order valence-corrected chi connectivity index (χ0v) is 21.7. The summed E-state index contributed by atoms with van der Waals surface area (Å²) in [4.78, 5) is 44.4. The Morgan fingerprint density at radius 2 is 1.94 bits per heavy atom. The molecule has 35 heavy (non-hydrogen) atoms. The van der Waals surface area contributed by atoms with Gasteiger partial charge in [0.25, 0.3) is 0 Å². The molecule has 0 saturated carbocycles. The smallest absolute Gasteiger partial charge is 0.351 e. The van der Waals surface area contributed by atoms with Crippen molar-refractivity contribution in [2.24, 2.45) is 0 Å². The molecule has 0 amide bonds. The summed E-state index contributed by atoms with van der Waals surface area (Å²) in [5.74, 6) is 2.49. The van der Waals surface area contributed by atoms with E-state index in [1.54, 1.807) is 6.07 Å². The van der Waals surface area contributed by atoms with Gasteiger partial charge >= 0.3 is 17.6 Å². The lowest BCUT2D eigenvalue weighted by molar-refractivity contribution is -0.164. The maximum absolute atomic E-state index is 12.9. The number of hydrogen-bond donors (Lipinski definition) is 0. The molecule has 0 aromatic carbocycles. The van der Waals surface area contributed by atoms with Gasteiger partial charge in [-0.2, -0.15) is 10.1 Å². The number of carbonyl (C=O) groups excluding carboxylic acids is 2. The van der Waals surface area contributed by atoms with Crippen LogP contribution in [0.5, 0.6) is 0 Å². The molecule has 2 aromatic rings. The van der Waals surface area contributed by atoms with Gasteiger partial charge in [0, 0.05) is 26.5 Å². The Bertz CT molecular complexity index is 1160. The van der Waals surface area contributed by atoms with Gasteiger partial charge < -0.3 is 14.2 Å². The topological polar surface area (TPSA) is 127 Å². The molecule has 0 N–H and O–H groups in total. The van der Waals surface area contributed by atoms with Crippen LogP contribution < -0.4 is 5.69 Å². The first-order valence-electron chi connectivity index (χ1n) is 11.6. The van der Waals surface area contributed by atoms with Crippen LogP contribution in [-0.4, -0.2) is 62.6 Å². The van der Waals surface area contributed by atoms with Gasteiger partial charge in [-0.05, 0) is 24.2 Å². The van der Waals surface area contributed by atoms with Gasteiger partial charge in [0.15, 0.2) is 5.82 Å². The first-order valence-corrected chi connectivity index (χ1v) is 14.3. The lowest BCUT2D eigenvalue weighted by Crippen LogP contribution is -2.46. The third-order valence-electron chi connectivity index (χ3n) is 6.43. The molecule has 3 atom stereocenters. The molecule has 0 aliphatic carbocycles. The second-order valence-corrected chi connectivity index (χ2v) is 13.4. The van der Waals surface area contributed by atoms with Crippen LogP contribution in [0.3, 0.4) is 0 Å². The largest absolute Gasteiger partial charge is 0.462 e. The quantitative estimate of drug-likeness (QED) is 0.303. The normalized spacial score (nSPS) is 21.7. The molecule has 1 aliphatic rings. The molecule has 2 aromatic heterocycles. The summed E-state index contributed by atoms with van der Waals surface area (Å²) in [6.07, 6.45) is 2.75. The van der Waals surface area contributed by atoms with Crippen LogP contribution in [0.4, 0.5) is 0 Å². The molecule has 188 valence electrons. The van der Waals surface area contributed by atoms with Crippen molar-refractivity contribution >= 4 is 20.0 Å². The van der Waals surface area contributed by atoms with Gasteiger partial charge in [0.2, 0.25) is 5.60 Å². The van der Waals surface area contributed by atoms with Gasteiger partial charge in [-0.1, -0.05) is 26.7 Å². The van der Waals surface area contributed by atoms with E-state index in [9.17, 15) is 14.4 Å². The molecular formula is C23H31N5O6Si. The van der Waals surface area contributed by atoms with Gasteiger partial charge in [-0.25, -0.2) is 14.5 Å². The number of rotatable bonds is 8. The maximum atomic E-state index is 12.9. The van der Waals surface area contributed by atoms with E-state index in [1.165, 1.54) is 41.9 Å². The highest BCUT2D eigenvalue weighted by molar-refractivity contribution is 6.87. The van der Waals surface area contributed by atoms with E-state index < -0.39 is 43.6 Å². The fourth-order valence-electron chi connectivity index (χ4n) is 4.07. The standard InChI is InChI=1S/C23H31N5O6Si/c1-6-35(7-2,8-3)12-10-23(14-32-17(4)29)19(33-18(5)30)13-21(34-23)27-11-9-20(26-22(27)31)28-16-24-15-25-28/h9,11,15-16,19,21H,6-8,13-14H2,1-5H3. The zero-order chi connectivity index (χ0) is 25.6. The third-order valence-corrected chi connectivity index (χ3v) is 11.1. The number of carbonyl (C=O) groups is 2.